The Morgan fingerprint density at radius 2 is 1.95 bits per heavy atom. The van der Waals surface area contributed by atoms with E-state index in [2.05, 4.69) is 15.6 Å². The van der Waals surface area contributed by atoms with Crippen LogP contribution in [0.25, 0.3) is 0 Å². The van der Waals surface area contributed by atoms with Crippen molar-refractivity contribution in [3.8, 4) is 0 Å². The fraction of sp³-hybridized carbons (Fsp3) is 0.562. The van der Waals surface area contributed by atoms with Gasteiger partial charge in [-0.1, -0.05) is 37.3 Å². The summed E-state index contributed by atoms with van der Waals surface area (Å²) in [6, 6.07) is 9.95. The van der Waals surface area contributed by atoms with E-state index in [-0.39, 0.29) is 5.92 Å². The minimum atomic E-state index is -2.39. The van der Waals surface area contributed by atoms with Gasteiger partial charge in [-0.05, 0) is 18.4 Å². The van der Waals surface area contributed by atoms with E-state index in [1.807, 2.05) is 44.2 Å². The Morgan fingerprint density at radius 1 is 1.23 bits per heavy atom. The normalized spacial score (nSPS) is 13.2. The second kappa shape index (κ2) is 11.0. The molecule has 0 heterocycles. The van der Waals surface area contributed by atoms with E-state index in [1.165, 1.54) is 0 Å². The predicted octanol–water partition coefficient (Wildman–Crippen LogP) is 2.66. The van der Waals surface area contributed by atoms with Crippen molar-refractivity contribution < 1.29 is 13.5 Å². The molecule has 0 saturated heterocycles. The Bertz CT molecular complexity index is 427. The average molecular weight is 313 g/mol. The lowest BCUT2D eigenvalue weighted by molar-refractivity contribution is 0.0944. The van der Waals surface area contributed by atoms with Crippen LogP contribution in [0.3, 0.4) is 0 Å². The molecule has 22 heavy (non-hydrogen) atoms. The van der Waals surface area contributed by atoms with E-state index in [0.717, 1.165) is 5.56 Å². The van der Waals surface area contributed by atoms with Crippen LogP contribution in [0.1, 0.15) is 19.4 Å². The van der Waals surface area contributed by atoms with Crippen LogP contribution < -0.4 is 10.6 Å². The van der Waals surface area contributed by atoms with Crippen molar-refractivity contribution in [2.75, 3.05) is 26.2 Å². The SMILES string of the molecule is CCNC(=NCC(C)COCc1ccccc1)NCC(F)F. The molecule has 0 aromatic heterocycles. The van der Waals surface area contributed by atoms with Gasteiger partial charge in [0.2, 0.25) is 0 Å². The Balaban J connectivity index is 2.28. The Labute approximate surface area is 131 Å². The molecule has 0 bridgehead atoms. The zero-order valence-corrected chi connectivity index (χ0v) is 13.2. The number of nitrogens with zero attached hydrogens (tertiary/aromatic N) is 1. The van der Waals surface area contributed by atoms with E-state index in [4.69, 9.17) is 4.74 Å². The van der Waals surface area contributed by atoms with Crippen molar-refractivity contribution >= 4 is 5.96 Å². The number of aliphatic imine (C=N–C) groups is 1. The van der Waals surface area contributed by atoms with Crippen LogP contribution in [-0.2, 0) is 11.3 Å². The van der Waals surface area contributed by atoms with E-state index in [9.17, 15) is 8.78 Å². The molecule has 0 spiro atoms. The summed E-state index contributed by atoms with van der Waals surface area (Å²) in [7, 11) is 0. The summed E-state index contributed by atoms with van der Waals surface area (Å²) < 4.78 is 30.0. The minimum absolute atomic E-state index is 0.214. The number of guanidine groups is 1. The molecule has 1 aromatic rings. The molecule has 1 atom stereocenters. The van der Waals surface area contributed by atoms with E-state index in [0.29, 0.717) is 32.3 Å². The monoisotopic (exact) mass is 313 g/mol. The summed E-state index contributed by atoms with van der Waals surface area (Å²) in [4.78, 5) is 4.29. The van der Waals surface area contributed by atoms with Crippen molar-refractivity contribution in [1.82, 2.24) is 10.6 Å². The standard InChI is InChI=1S/C16H25F2N3O/c1-3-19-16(21-10-15(17)18)20-9-13(2)11-22-12-14-7-5-4-6-8-14/h4-8,13,15H,3,9-12H2,1-2H3,(H2,19,20,21). The lowest BCUT2D eigenvalue weighted by Gasteiger charge is -2.13. The van der Waals surface area contributed by atoms with Gasteiger partial charge < -0.3 is 15.4 Å². The van der Waals surface area contributed by atoms with E-state index in [1.54, 1.807) is 0 Å². The number of hydrogen-bond acceptors (Lipinski definition) is 2. The molecule has 4 nitrogen and oxygen atoms in total. The highest BCUT2D eigenvalue weighted by Gasteiger charge is 2.06. The topological polar surface area (TPSA) is 45.7 Å². The fourth-order valence-corrected chi connectivity index (χ4v) is 1.77. The first-order chi connectivity index (χ1) is 10.6. The van der Waals surface area contributed by atoms with Gasteiger partial charge in [-0.15, -0.1) is 0 Å². The Hall–Kier alpha value is -1.69. The lowest BCUT2D eigenvalue weighted by Crippen LogP contribution is -2.40. The number of nitrogens with one attached hydrogen (secondary N) is 2. The predicted molar refractivity (Wildman–Crippen MR) is 85.2 cm³/mol. The van der Waals surface area contributed by atoms with Gasteiger partial charge in [0.25, 0.3) is 6.43 Å². The highest BCUT2D eigenvalue weighted by molar-refractivity contribution is 5.79. The molecule has 0 amide bonds. The van der Waals surface area contributed by atoms with Crippen LogP contribution >= 0.6 is 0 Å². The molecule has 0 saturated carbocycles. The van der Waals surface area contributed by atoms with E-state index < -0.39 is 13.0 Å². The van der Waals surface area contributed by atoms with Crippen LogP contribution in [0.2, 0.25) is 0 Å². The third-order valence-electron chi connectivity index (χ3n) is 2.84. The second-order valence-corrected chi connectivity index (χ2v) is 5.10. The largest absolute Gasteiger partial charge is 0.376 e. The molecule has 0 aliphatic heterocycles. The highest BCUT2D eigenvalue weighted by Crippen LogP contribution is 2.03. The van der Waals surface area contributed by atoms with Gasteiger partial charge in [0.1, 0.15) is 0 Å². The molecule has 0 aliphatic carbocycles. The molecule has 0 fully saturated rings. The molecule has 0 radical (unpaired) electrons. The maximum atomic E-state index is 12.2. The summed E-state index contributed by atoms with van der Waals surface area (Å²) in [5.41, 5.74) is 1.13. The smallest absolute Gasteiger partial charge is 0.255 e. The number of rotatable bonds is 9. The van der Waals surface area contributed by atoms with Gasteiger partial charge in [0.05, 0.1) is 19.8 Å². The number of halogens is 2. The van der Waals surface area contributed by atoms with Crippen LogP contribution in [0, 0.1) is 5.92 Å². The Kier molecular flexibility index (Phi) is 9.14. The third kappa shape index (κ3) is 8.56. The van der Waals surface area contributed by atoms with Crippen molar-refractivity contribution in [3.63, 3.8) is 0 Å². The molecule has 124 valence electrons. The van der Waals surface area contributed by atoms with Crippen molar-refractivity contribution in [3.05, 3.63) is 35.9 Å². The summed E-state index contributed by atoms with van der Waals surface area (Å²) in [5.74, 6) is 0.628. The average Bonchev–Trinajstić information content (AvgIpc) is 2.51. The summed E-state index contributed by atoms with van der Waals surface area (Å²) in [6.07, 6.45) is -2.39. The lowest BCUT2D eigenvalue weighted by atomic mass is 10.2. The molecular weight excluding hydrogens is 288 g/mol. The van der Waals surface area contributed by atoms with Crippen molar-refractivity contribution in [2.24, 2.45) is 10.9 Å². The summed E-state index contributed by atoms with van der Waals surface area (Å²) in [5, 5.41) is 5.55. The minimum Gasteiger partial charge on any atom is -0.376 e. The first-order valence-electron chi connectivity index (χ1n) is 7.53. The zero-order valence-electron chi connectivity index (χ0n) is 13.2. The van der Waals surface area contributed by atoms with Crippen LogP contribution in [0.5, 0.6) is 0 Å². The second-order valence-electron chi connectivity index (χ2n) is 5.10. The van der Waals surface area contributed by atoms with Gasteiger partial charge in [-0.3, -0.25) is 4.99 Å². The molecule has 2 N–H and O–H groups in total. The Morgan fingerprint density at radius 3 is 2.59 bits per heavy atom. The van der Waals surface area contributed by atoms with Gasteiger partial charge in [0, 0.05) is 13.1 Å². The molecule has 1 unspecified atom stereocenters. The van der Waals surface area contributed by atoms with Gasteiger partial charge in [-0.25, -0.2) is 8.78 Å². The summed E-state index contributed by atoms with van der Waals surface area (Å²) in [6.45, 7) is 5.81. The molecular formula is C16H25F2N3O. The van der Waals surface area contributed by atoms with Gasteiger partial charge in [-0.2, -0.15) is 0 Å². The maximum Gasteiger partial charge on any atom is 0.255 e. The highest BCUT2D eigenvalue weighted by atomic mass is 19.3. The number of alkyl halides is 2. The molecule has 1 aromatic carbocycles. The van der Waals surface area contributed by atoms with Crippen molar-refractivity contribution in [1.29, 1.82) is 0 Å². The fourth-order valence-electron chi connectivity index (χ4n) is 1.77. The van der Waals surface area contributed by atoms with Gasteiger partial charge in [0.15, 0.2) is 5.96 Å². The van der Waals surface area contributed by atoms with Gasteiger partial charge >= 0.3 is 0 Å². The van der Waals surface area contributed by atoms with E-state index >= 15 is 0 Å². The quantitative estimate of drug-likeness (QED) is 0.544. The number of hydrogen-bond donors (Lipinski definition) is 2. The molecule has 1 rings (SSSR count). The zero-order chi connectivity index (χ0) is 16.2. The number of ether oxygens (including phenoxy) is 1. The van der Waals surface area contributed by atoms with Crippen LogP contribution in [0.15, 0.2) is 35.3 Å². The first-order valence-corrected chi connectivity index (χ1v) is 7.53. The third-order valence-corrected chi connectivity index (χ3v) is 2.84. The molecule has 6 heteroatoms. The number of benzene rings is 1. The maximum absolute atomic E-state index is 12.2. The van der Waals surface area contributed by atoms with Crippen molar-refractivity contribution in [2.45, 2.75) is 26.9 Å². The molecule has 0 aliphatic rings. The summed E-state index contributed by atoms with van der Waals surface area (Å²) >= 11 is 0. The van der Waals surface area contributed by atoms with Crippen LogP contribution in [0.4, 0.5) is 8.78 Å². The van der Waals surface area contributed by atoms with Crippen LogP contribution in [-0.4, -0.2) is 38.6 Å². The first kappa shape index (κ1) is 18.4.